The standard InChI is InChI=1S/C26H36N2O6S/c1-15(2)13-26(34-24(31)32)14-18(16(3)29)21(22-27-10-11-35-22)28(26)23(30)17-8-9-19(25(4,5)6)20(12-17)33-7/h8-12,15-16,18,21,29H,13-14H2,1-7H3,(H,31,32)/t16?,18-,21+,26-/m0/s1. The van der Waals surface area contributed by atoms with Crippen molar-refractivity contribution in [1.29, 1.82) is 0 Å². The van der Waals surface area contributed by atoms with E-state index in [0.29, 0.717) is 16.3 Å². The molecule has 1 aliphatic rings. The predicted molar refractivity (Wildman–Crippen MR) is 134 cm³/mol. The summed E-state index contributed by atoms with van der Waals surface area (Å²) in [5, 5.41) is 22.9. The second-order valence-electron chi connectivity index (χ2n) is 10.7. The molecule has 8 nitrogen and oxygen atoms in total. The molecule has 1 unspecified atom stereocenters. The number of carbonyl (C=O) groups is 2. The molecule has 35 heavy (non-hydrogen) atoms. The van der Waals surface area contributed by atoms with Crippen LogP contribution < -0.4 is 4.74 Å². The second-order valence-corrected chi connectivity index (χ2v) is 11.6. The zero-order valence-electron chi connectivity index (χ0n) is 21.4. The Labute approximate surface area is 210 Å². The quantitative estimate of drug-likeness (QED) is 0.481. The Morgan fingerprint density at radius 1 is 1.29 bits per heavy atom. The summed E-state index contributed by atoms with van der Waals surface area (Å²) in [6, 6.07) is 4.66. The SMILES string of the molecule is COc1cc(C(=O)N2[C@@H](c3nccs3)[C@H](C(C)O)C[C@]2(CC(C)C)OC(=O)O)ccc1C(C)(C)C. The number of aromatic nitrogens is 1. The van der Waals surface area contributed by atoms with Crippen molar-refractivity contribution < 1.29 is 29.3 Å². The van der Waals surface area contributed by atoms with Gasteiger partial charge in [-0.3, -0.25) is 9.69 Å². The number of thiazole rings is 1. The fourth-order valence-electron chi connectivity index (χ4n) is 5.14. The van der Waals surface area contributed by atoms with Crippen LogP contribution in [0.25, 0.3) is 0 Å². The van der Waals surface area contributed by atoms with Gasteiger partial charge in [-0.25, -0.2) is 9.78 Å². The Hall–Kier alpha value is -2.65. The smallest absolute Gasteiger partial charge is 0.496 e. The summed E-state index contributed by atoms with van der Waals surface area (Å²) in [5.74, 6) is -0.255. The van der Waals surface area contributed by atoms with E-state index in [-0.39, 0.29) is 24.2 Å². The summed E-state index contributed by atoms with van der Waals surface area (Å²) in [7, 11) is 1.56. The molecule has 1 aromatic heterocycles. The fourth-order valence-corrected chi connectivity index (χ4v) is 5.94. The van der Waals surface area contributed by atoms with E-state index in [1.807, 2.05) is 19.9 Å². The summed E-state index contributed by atoms with van der Waals surface area (Å²) in [6.45, 7) is 11.7. The van der Waals surface area contributed by atoms with Crippen LogP contribution in [0.3, 0.4) is 0 Å². The second kappa shape index (κ2) is 10.1. The van der Waals surface area contributed by atoms with E-state index in [4.69, 9.17) is 9.47 Å². The molecular weight excluding hydrogens is 468 g/mol. The number of hydrogen-bond donors (Lipinski definition) is 2. The van der Waals surface area contributed by atoms with Gasteiger partial charge in [0.15, 0.2) is 5.72 Å². The molecule has 1 amide bonds. The molecule has 0 bridgehead atoms. The van der Waals surface area contributed by atoms with Gasteiger partial charge >= 0.3 is 6.16 Å². The van der Waals surface area contributed by atoms with Crippen molar-refractivity contribution in [3.63, 3.8) is 0 Å². The highest BCUT2D eigenvalue weighted by Gasteiger charge is 2.59. The molecule has 1 aromatic carbocycles. The largest absolute Gasteiger partial charge is 0.507 e. The summed E-state index contributed by atoms with van der Waals surface area (Å²) in [4.78, 5) is 32.1. The number of nitrogens with zero attached hydrogens (tertiary/aromatic N) is 2. The van der Waals surface area contributed by atoms with Crippen molar-refractivity contribution in [2.75, 3.05) is 7.11 Å². The summed E-state index contributed by atoms with van der Waals surface area (Å²) in [5.41, 5.74) is -0.350. The molecule has 1 aliphatic heterocycles. The first-order valence-electron chi connectivity index (χ1n) is 11.8. The molecule has 0 saturated carbocycles. The van der Waals surface area contributed by atoms with Crippen LogP contribution in [0.5, 0.6) is 5.75 Å². The van der Waals surface area contributed by atoms with E-state index < -0.39 is 35.9 Å². The van der Waals surface area contributed by atoms with Crippen LogP contribution in [0, 0.1) is 11.8 Å². The van der Waals surface area contributed by atoms with Crippen LogP contribution in [-0.4, -0.2) is 51.1 Å². The molecule has 2 N–H and O–H groups in total. The number of aliphatic hydroxyl groups is 1. The van der Waals surface area contributed by atoms with Crippen molar-refractivity contribution in [3.05, 3.63) is 45.9 Å². The first-order valence-corrected chi connectivity index (χ1v) is 12.7. The highest BCUT2D eigenvalue weighted by molar-refractivity contribution is 7.09. The molecule has 2 aromatic rings. The molecule has 1 saturated heterocycles. The van der Waals surface area contributed by atoms with Gasteiger partial charge in [-0.2, -0.15) is 0 Å². The third-order valence-corrected chi connectivity index (χ3v) is 7.33. The van der Waals surface area contributed by atoms with Crippen molar-refractivity contribution in [3.8, 4) is 5.75 Å². The lowest BCUT2D eigenvalue weighted by molar-refractivity contribution is -0.108. The van der Waals surface area contributed by atoms with Crippen molar-refractivity contribution in [2.45, 2.75) is 77.7 Å². The van der Waals surface area contributed by atoms with E-state index in [2.05, 4.69) is 25.8 Å². The van der Waals surface area contributed by atoms with E-state index in [9.17, 15) is 19.8 Å². The molecule has 0 radical (unpaired) electrons. The fraction of sp³-hybridized carbons (Fsp3) is 0.577. The third-order valence-electron chi connectivity index (χ3n) is 6.48. The lowest BCUT2D eigenvalue weighted by Gasteiger charge is -2.40. The first-order chi connectivity index (χ1) is 16.3. The zero-order chi connectivity index (χ0) is 26.1. The Kier molecular flexibility index (Phi) is 7.81. The summed E-state index contributed by atoms with van der Waals surface area (Å²) in [6.07, 6.45) is -0.185. The highest BCUT2D eigenvalue weighted by Crippen LogP contribution is 2.52. The van der Waals surface area contributed by atoms with E-state index in [0.717, 1.165) is 5.56 Å². The van der Waals surface area contributed by atoms with Crippen LogP contribution in [0.4, 0.5) is 4.79 Å². The van der Waals surface area contributed by atoms with Gasteiger partial charge in [0.2, 0.25) is 0 Å². The molecule has 0 aliphatic carbocycles. The zero-order valence-corrected chi connectivity index (χ0v) is 22.3. The average Bonchev–Trinajstić information content (AvgIpc) is 3.37. The molecule has 192 valence electrons. The summed E-state index contributed by atoms with van der Waals surface area (Å²) >= 11 is 1.37. The van der Waals surface area contributed by atoms with Crippen LogP contribution in [0.1, 0.15) is 81.4 Å². The Morgan fingerprint density at radius 3 is 2.46 bits per heavy atom. The van der Waals surface area contributed by atoms with E-state index in [1.165, 1.54) is 16.2 Å². The molecule has 0 spiro atoms. The lowest BCUT2D eigenvalue weighted by Crippen LogP contribution is -2.52. The Balaban J connectivity index is 2.22. The van der Waals surface area contributed by atoms with Gasteiger partial charge in [0.1, 0.15) is 10.8 Å². The normalized spacial score (nSPS) is 23.4. The summed E-state index contributed by atoms with van der Waals surface area (Å²) < 4.78 is 11.2. The molecule has 3 rings (SSSR count). The minimum atomic E-state index is -1.46. The Morgan fingerprint density at radius 2 is 1.97 bits per heavy atom. The number of carbonyl (C=O) groups excluding carboxylic acids is 1. The number of hydrogen-bond acceptors (Lipinski definition) is 7. The number of ether oxygens (including phenoxy) is 2. The number of amides is 1. The lowest BCUT2D eigenvalue weighted by atomic mass is 9.85. The van der Waals surface area contributed by atoms with Gasteiger partial charge < -0.3 is 19.7 Å². The van der Waals surface area contributed by atoms with Crippen molar-refractivity contribution >= 4 is 23.4 Å². The van der Waals surface area contributed by atoms with Crippen LogP contribution in [0.15, 0.2) is 29.8 Å². The van der Waals surface area contributed by atoms with Gasteiger partial charge in [-0.1, -0.05) is 40.7 Å². The van der Waals surface area contributed by atoms with Crippen LogP contribution in [0.2, 0.25) is 0 Å². The van der Waals surface area contributed by atoms with Crippen LogP contribution >= 0.6 is 11.3 Å². The monoisotopic (exact) mass is 504 g/mol. The van der Waals surface area contributed by atoms with E-state index >= 15 is 0 Å². The van der Waals surface area contributed by atoms with Gasteiger partial charge in [-0.05, 0) is 36.0 Å². The third kappa shape index (κ3) is 5.46. The van der Waals surface area contributed by atoms with Gasteiger partial charge in [-0.15, -0.1) is 11.3 Å². The average molecular weight is 505 g/mol. The number of likely N-dealkylation sites (tertiary alicyclic amines) is 1. The first kappa shape index (κ1) is 26.9. The maximum Gasteiger partial charge on any atom is 0.507 e. The topological polar surface area (TPSA) is 109 Å². The van der Waals surface area contributed by atoms with Gasteiger partial charge in [0, 0.05) is 35.9 Å². The Bertz CT molecular complexity index is 1050. The maximum absolute atomic E-state index is 14.2. The maximum atomic E-state index is 14.2. The van der Waals surface area contributed by atoms with Crippen LogP contribution in [-0.2, 0) is 10.2 Å². The van der Waals surface area contributed by atoms with Crippen molar-refractivity contribution in [2.24, 2.45) is 11.8 Å². The number of aliphatic hydroxyl groups excluding tert-OH is 1. The van der Waals surface area contributed by atoms with E-state index in [1.54, 1.807) is 37.7 Å². The number of methoxy groups -OCH3 is 1. The predicted octanol–water partition coefficient (Wildman–Crippen LogP) is 5.47. The minimum Gasteiger partial charge on any atom is -0.496 e. The molecule has 2 heterocycles. The molecular formula is C26H36N2O6S. The minimum absolute atomic E-state index is 0.0205. The number of benzene rings is 1. The van der Waals surface area contributed by atoms with Gasteiger partial charge in [0.25, 0.3) is 5.91 Å². The molecule has 1 fully saturated rings. The van der Waals surface area contributed by atoms with Crippen molar-refractivity contribution in [1.82, 2.24) is 9.88 Å². The molecule has 4 atom stereocenters. The molecule has 9 heteroatoms. The number of carboxylic acid groups (broad SMARTS) is 1. The highest BCUT2D eigenvalue weighted by atomic mass is 32.1. The number of rotatable bonds is 7. The van der Waals surface area contributed by atoms with Gasteiger partial charge in [0.05, 0.1) is 19.3 Å².